The van der Waals surface area contributed by atoms with Gasteiger partial charge in [0.2, 0.25) is 5.95 Å². The Kier molecular flexibility index (Phi) is 8.17. The van der Waals surface area contributed by atoms with Gasteiger partial charge in [-0.2, -0.15) is 9.97 Å². The zero-order valence-corrected chi connectivity index (χ0v) is 41.5. The van der Waals surface area contributed by atoms with Gasteiger partial charge >= 0.3 is 0 Å². The van der Waals surface area contributed by atoms with E-state index in [1.165, 1.54) is 0 Å². The minimum absolute atomic E-state index is 0.0558. The third kappa shape index (κ3) is 6.69. The minimum atomic E-state index is -3.69. The van der Waals surface area contributed by atoms with Gasteiger partial charge in [0.05, 0.1) is 51.1 Å². The molecule has 0 bridgehead atoms. The molecule has 0 saturated heterocycles. The molecule has 4 heterocycles. The molecule has 76 heavy (non-hydrogen) atoms. The van der Waals surface area contributed by atoms with Crippen molar-refractivity contribution in [2.75, 3.05) is 0 Å². The molecule has 0 amide bonds. The van der Waals surface area contributed by atoms with Crippen molar-refractivity contribution in [2.45, 2.75) is 0 Å². The maximum Gasteiger partial charge on any atom is 0.238 e. The number of benzene rings is 11. The van der Waals surface area contributed by atoms with E-state index in [4.69, 9.17) is 19.1 Å². The predicted octanol–water partition coefficient (Wildman–Crippen LogP) is 13.9. The Morgan fingerprint density at radius 1 is 0.316 bits per heavy atom. The lowest BCUT2D eigenvalue weighted by Crippen LogP contribution is -2.74. The van der Waals surface area contributed by atoms with Gasteiger partial charge in [0.1, 0.15) is 0 Å². The van der Waals surface area contributed by atoms with Crippen LogP contribution in [0.15, 0.2) is 279 Å². The molecule has 11 aromatic carbocycles. The second-order valence-electron chi connectivity index (χ2n) is 18.8. The Labute approximate surface area is 452 Å². The molecule has 0 aliphatic carbocycles. The van der Waals surface area contributed by atoms with Gasteiger partial charge in [0.15, 0.2) is 19.7 Å². The van der Waals surface area contributed by atoms with Gasteiger partial charge in [-0.1, -0.05) is 236 Å². The lowest BCUT2D eigenvalue weighted by Gasteiger charge is -2.34. The highest BCUT2D eigenvalue weighted by Gasteiger charge is 2.41. The molecule has 0 radical (unpaired) electrons. The molecule has 0 fully saturated rings. The Hall–Kier alpha value is -9.95. The molecule has 15 rings (SSSR count). The first kappa shape index (κ1) is 35.2. The highest BCUT2D eigenvalue weighted by Crippen LogP contribution is 2.41. The largest absolute Gasteiger partial charge is 0.309 e. The van der Waals surface area contributed by atoms with E-state index in [1.807, 2.05) is 150 Å². The Morgan fingerprint density at radius 3 is 1.29 bits per heavy atom. The molecular formula is C69H46N6Si. The van der Waals surface area contributed by atoms with Gasteiger partial charge < -0.3 is 9.13 Å². The van der Waals surface area contributed by atoms with Gasteiger partial charge in [-0.3, -0.25) is 4.57 Å². The SMILES string of the molecule is [2H]c1c([2H])c([2H])c(-c2nc(-c3c([2H])c([2H])c([Si](c4ccccc4)(c4ccccc4)c4ccccc4)c([2H])c3[2H])nc(-n3c4ccccc4c4cccc(-n5c6ccccc6c6ccc(-n7c8ccccc8c8ccccc87)cc65)c43)n2)c([2H])c1[2H]. The van der Waals surface area contributed by atoms with Gasteiger partial charge in [0, 0.05) is 49.1 Å². The van der Waals surface area contributed by atoms with Gasteiger partial charge in [-0.25, -0.2) is 4.98 Å². The molecule has 6 nitrogen and oxygen atoms in total. The molecule has 0 spiro atoms. The third-order valence-corrected chi connectivity index (χ3v) is 19.4. The fourth-order valence-electron chi connectivity index (χ4n) is 11.6. The topological polar surface area (TPSA) is 53.5 Å². The van der Waals surface area contributed by atoms with Crippen molar-refractivity contribution in [3.63, 3.8) is 0 Å². The standard InChI is InChI=1S/C69H46N6Si/c1-5-22-47(23-6-1)67-70-68(48-40-43-53(44-41-48)76(50-24-7-2-8-25-50,51-26-9-3-10-27-51)52-28-11-4-12-29-52)72-69(71-67)75-63-38-20-16-33-57(63)59-34-21-39-64(66(59)75)74-62-37-19-15-32-56(62)58-45-42-49(46-65(58)74)73-60-35-17-13-30-54(60)55-31-14-18-36-61(55)73/h1-46H/i1D,5D,6D,22D,23D,40D,41D,43D,44D. The molecule has 7 heteroatoms. The van der Waals surface area contributed by atoms with E-state index in [1.54, 1.807) is 0 Å². The fraction of sp³-hybridized carbons (Fsp3) is 0. The van der Waals surface area contributed by atoms with Crippen molar-refractivity contribution in [3.05, 3.63) is 279 Å². The molecule has 356 valence electrons. The maximum absolute atomic E-state index is 10.2. The lowest BCUT2D eigenvalue weighted by atomic mass is 10.1. The van der Waals surface area contributed by atoms with Crippen LogP contribution in [-0.4, -0.2) is 36.7 Å². The highest BCUT2D eigenvalue weighted by molar-refractivity contribution is 7.19. The number of aromatic nitrogens is 6. The van der Waals surface area contributed by atoms with Gasteiger partial charge in [-0.05, 0) is 63.2 Å². The summed E-state index contributed by atoms with van der Waals surface area (Å²) >= 11 is 0. The zero-order valence-electron chi connectivity index (χ0n) is 49.5. The number of fused-ring (bicyclic) bond motifs is 9. The van der Waals surface area contributed by atoms with E-state index >= 15 is 0 Å². The molecule has 0 aliphatic heterocycles. The normalized spacial score (nSPS) is 13.6. The number of hydrogen-bond donors (Lipinski definition) is 0. The molecule has 4 aromatic heterocycles. The summed E-state index contributed by atoms with van der Waals surface area (Å²) in [6.45, 7) is 0. The summed E-state index contributed by atoms with van der Waals surface area (Å²) in [4.78, 5) is 15.2. The van der Waals surface area contributed by atoms with Crippen LogP contribution in [0.25, 0.3) is 106 Å². The third-order valence-electron chi connectivity index (χ3n) is 14.8. The molecule has 0 atom stereocenters. The summed E-state index contributed by atoms with van der Waals surface area (Å²) < 4.78 is 91.9. The van der Waals surface area contributed by atoms with Crippen molar-refractivity contribution in [3.8, 4) is 40.1 Å². The number of nitrogens with zero attached hydrogens (tertiary/aromatic N) is 6. The molecule has 0 N–H and O–H groups in total. The fourth-order valence-corrected chi connectivity index (χ4v) is 16.0. The average Bonchev–Trinajstić information content (AvgIpc) is 1.88. The number of para-hydroxylation sites is 5. The first-order valence-electron chi connectivity index (χ1n) is 29.6. The smallest absolute Gasteiger partial charge is 0.238 e. The summed E-state index contributed by atoms with van der Waals surface area (Å²) in [6, 6.07) is 70.3. The molecular weight excluding hydrogens is 941 g/mol. The summed E-state index contributed by atoms with van der Waals surface area (Å²) in [5.74, 6) is -0.673. The summed E-state index contributed by atoms with van der Waals surface area (Å²) in [5.41, 5.74) is 6.37. The quantitative estimate of drug-likeness (QED) is 0.107. The van der Waals surface area contributed by atoms with Gasteiger partial charge in [0.25, 0.3) is 0 Å². The van der Waals surface area contributed by atoms with E-state index in [-0.39, 0.29) is 46.0 Å². The highest BCUT2D eigenvalue weighted by atomic mass is 28.3. The minimum Gasteiger partial charge on any atom is -0.309 e. The lowest BCUT2D eigenvalue weighted by molar-refractivity contribution is 0.950. The van der Waals surface area contributed by atoms with Crippen LogP contribution < -0.4 is 20.7 Å². The zero-order chi connectivity index (χ0) is 58.0. The maximum atomic E-state index is 10.2. The first-order valence-corrected chi connectivity index (χ1v) is 27.1. The van der Waals surface area contributed by atoms with E-state index in [9.17, 15) is 8.22 Å². The Bertz CT molecular complexity index is 5050. The number of hydrogen-bond acceptors (Lipinski definition) is 3. The predicted molar refractivity (Wildman–Crippen MR) is 317 cm³/mol. The second-order valence-corrected chi connectivity index (χ2v) is 22.6. The van der Waals surface area contributed by atoms with Crippen LogP contribution >= 0.6 is 0 Å². The first-order chi connectivity index (χ1) is 41.5. The van der Waals surface area contributed by atoms with Crippen LogP contribution in [0.1, 0.15) is 12.3 Å². The second kappa shape index (κ2) is 17.6. The van der Waals surface area contributed by atoms with E-state index in [2.05, 4.69) is 88.0 Å². The van der Waals surface area contributed by atoms with E-state index in [0.29, 0.717) is 11.0 Å². The van der Waals surface area contributed by atoms with E-state index < -0.39 is 50.4 Å². The van der Waals surface area contributed by atoms with Crippen LogP contribution in [0.5, 0.6) is 0 Å². The Balaban J connectivity index is 1.04. The van der Waals surface area contributed by atoms with E-state index in [0.717, 1.165) is 81.3 Å². The summed E-state index contributed by atoms with van der Waals surface area (Å²) in [6.07, 6.45) is 0. The van der Waals surface area contributed by atoms with Crippen LogP contribution in [0.4, 0.5) is 0 Å². The van der Waals surface area contributed by atoms with Crippen molar-refractivity contribution < 1.29 is 12.3 Å². The van der Waals surface area contributed by atoms with Crippen LogP contribution in [0.2, 0.25) is 0 Å². The van der Waals surface area contributed by atoms with Crippen molar-refractivity contribution in [2.24, 2.45) is 0 Å². The molecule has 15 aromatic rings. The average molecular weight is 996 g/mol. The van der Waals surface area contributed by atoms with Crippen molar-refractivity contribution in [1.29, 1.82) is 0 Å². The van der Waals surface area contributed by atoms with Crippen molar-refractivity contribution in [1.82, 2.24) is 28.7 Å². The summed E-state index contributed by atoms with van der Waals surface area (Å²) in [7, 11) is -3.69. The molecule has 0 aliphatic rings. The molecule has 0 unspecified atom stereocenters. The number of rotatable bonds is 9. The molecule has 0 saturated carbocycles. The van der Waals surface area contributed by atoms with Crippen molar-refractivity contribution >= 4 is 94.2 Å². The Morgan fingerprint density at radius 2 is 0.750 bits per heavy atom. The van der Waals surface area contributed by atoms with Gasteiger partial charge in [-0.15, -0.1) is 0 Å². The van der Waals surface area contributed by atoms with Crippen LogP contribution in [0, 0.1) is 0 Å². The summed E-state index contributed by atoms with van der Waals surface area (Å²) in [5, 5.41) is 8.72. The van der Waals surface area contributed by atoms with Crippen LogP contribution in [-0.2, 0) is 0 Å². The van der Waals surface area contributed by atoms with Crippen LogP contribution in [0.3, 0.4) is 0 Å². The monoisotopic (exact) mass is 995 g/mol.